The summed E-state index contributed by atoms with van der Waals surface area (Å²) >= 11 is 0. The van der Waals surface area contributed by atoms with Gasteiger partial charge in [0.15, 0.2) is 11.5 Å². The van der Waals surface area contributed by atoms with E-state index in [1.807, 2.05) is 4.57 Å². The molecule has 0 amide bonds. The lowest BCUT2D eigenvalue weighted by molar-refractivity contribution is 0.113. The summed E-state index contributed by atoms with van der Waals surface area (Å²) in [5, 5.41) is 24.5. The van der Waals surface area contributed by atoms with Crippen LogP contribution in [0.4, 0.5) is 4.39 Å². The van der Waals surface area contributed by atoms with Crippen LogP contribution in [0.5, 0.6) is 11.5 Å². The number of pyridine rings is 2. The van der Waals surface area contributed by atoms with Crippen molar-refractivity contribution in [3.8, 4) is 11.5 Å². The fourth-order valence-electron chi connectivity index (χ4n) is 4.45. The van der Waals surface area contributed by atoms with Gasteiger partial charge in [0.2, 0.25) is 0 Å². The molecule has 188 valence electrons. The van der Waals surface area contributed by atoms with Crippen LogP contribution in [0.3, 0.4) is 0 Å². The van der Waals surface area contributed by atoms with Gasteiger partial charge < -0.3 is 24.3 Å². The van der Waals surface area contributed by atoms with Crippen molar-refractivity contribution >= 4 is 11.0 Å². The molecular weight excluding hydrogens is 469 g/mol. The van der Waals surface area contributed by atoms with Gasteiger partial charge in [0.25, 0.3) is 5.56 Å². The number of rotatable bonds is 9. The summed E-state index contributed by atoms with van der Waals surface area (Å²) in [7, 11) is 1.52. The maximum Gasteiger partial charge on any atom is 0.262 e. The molecule has 4 aromatic rings. The number of aromatic nitrogens is 4. The zero-order valence-electron chi connectivity index (χ0n) is 19.6. The number of nitrogens with one attached hydrogen (secondary N) is 1. The molecule has 1 aromatic carbocycles. The van der Waals surface area contributed by atoms with Crippen LogP contribution in [0.25, 0.3) is 11.0 Å². The van der Waals surface area contributed by atoms with Crippen molar-refractivity contribution in [3.63, 3.8) is 0 Å². The normalized spacial score (nSPS) is 15.7. The van der Waals surface area contributed by atoms with E-state index in [4.69, 9.17) is 9.47 Å². The first-order chi connectivity index (χ1) is 17.5. The second-order valence-corrected chi connectivity index (χ2v) is 8.64. The third-order valence-corrected chi connectivity index (χ3v) is 6.17. The van der Waals surface area contributed by atoms with Gasteiger partial charge in [-0.25, -0.2) is 9.37 Å². The molecule has 5 rings (SSSR count). The van der Waals surface area contributed by atoms with Gasteiger partial charge in [0.05, 0.1) is 26.0 Å². The molecule has 3 aromatic heterocycles. The van der Waals surface area contributed by atoms with Gasteiger partial charge in [-0.05, 0) is 17.7 Å². The van der Waals surface area contributed by atoms with E-state index in [1.54, 1.807) is 37.1 Å². The number of ether oxygens (including phenoxy) is 2. The number of imidazole rings is 1. The first-order valence-electron chi connectivity index (χ1n) is 11.5. The fraction of sp³-hybridized carbons (Fsp3) is 0.320. The monoisotopic (exact) mass is 495 g/mol. The molecule has 0 aliphatic carbocycles. The van der Waals surface area contributed by atoms with Gasteiger partial charge in [-0.15, -0.1) is 0 Å². The Hall–Kier alpha value is -3.80. The Bertz CT molecular complexity index is 1420. The molecule has 0 saturated carbocycles. The van der Waals surface area contributed by atoms with E-state index in [-0.39, 0.29) is 30.0 Å². The first kappa shape index (κ1) is 23.9. The summed E-state index contributed by atoms with van der Waals surface area (Å²) in [6.45, 7) is 1.20. The molecule has 11 heteroatoms. The minimum atomic E-state index is -1.42. The number of nitrogens with zero attached hydrogens (tertiary/aromatic N) is 4. The lowest BCUT2D eigenvalue weighted by Crippen LogP contribution is -2.40. The van der Waals surface area contributed by atoms with Crippen LogP contribution in [-0.2, 0) is 24.2 Å². The zero-order valence-corrected chi connectivity index (χ0v) is 19.6. The maximum atomic E-state index is 13.6. The summed E-state index contributed by atoms with van der Waals surface area (Å²) in [5.41, 5.74) is 1.29. The number of benzene rings is 1. The van der Waals surface area contributed by atoms with Crippen molar-refractivity contribution in [3.05, 3.63) is 82.0 Å². The Labute approximate surface area is 205 Å². The van der Waals surface area contributed by atoms with Gasteiger partial charge in [0, 0.05) is 44.2 Å². The number of aliphatic hydroxyl groups is 1. The Kier molecular flexibility index (Phi) is 6.68. The molecule has 0 fully saturated rings. The van der Waals surface area contributed by atoms with Crippen LogP contribution in [0.1, 0.15) is 22.9 Å². The molecule has 0 bridgehead atoms. The fourth-order valence-corrected chi connectivity index (χ4v) is 4.45. The van der Waals surface area contributed by atoms with E-state index in [0.29, 0.717) is 36.4 Å². The average Bonchev–Trinajstić information content (AvgIpc) is 3.38. The summed E-state index contributed by atoms with van der Waals surface area (Å²) in [6.07, 6.45) is 5.23. The molecule has 10 nitrogen and oxygen atoms in total. The summed E-state index contributed by atoms with van der Waals surface area (Å²) < 4.78 is 28.1. The van der Waals surface area contributed by atoms with Crippen molar-refractivity contribution in [2.45, 2.75) is 31.8 Å². The highest BCUT2D eigenvalue weighted by Crippen LogP contribution is 2.38. The number of hydrogen-bond donors (Lipinski definition) is 3. The average molecular weight is 496 g/mol. The van der Waals surface area contributed by atoms with Crippen molar-refractivity contribution in [1.29, 1.82) is 0 Å². The second-order valence-electron chi connectivity index (χ2n) is 8.64. The number of hydrogen-bond acceptors (Lipinski definition) is 8. The topological polar surface area (TPSA) is 124 Å². The quantitative estimate of drug-likeness (QED) is 0.237. The van der Waals surface area contributed by atoms with Crippen LogP contribution in [-0.4, -0.2) is 55.7 Å². The molecule has 36 heavy (non-hydrogen) atoms. The van der Waals surface area contributed by atoms with Gasteiger partial charge in [-0.2, -0.15) is 0 Å². The van der Waals surface area contributed by atoms with Crippen molar-refractivity contribution in [2.75, 3.05) is 20.3 Å². The summed E-state index contributed by atoms with van der Waals surface area (Å²) in [5.74, 6) is -0.325. The van der Waals surface area contributed by atoms with Crippen LogP contribution < -0.4 is 15.6 Å². The SMILES string of the molecule is COCCNC(O)c1c(O)c2ncc(Cc3ccc(F)cc3)c3c2n(c1=O)CC(Cn1ccnc1)O3. The Morgan fingerprint density at radius 2 is 2.14 bits per heavy atom. The van der Waals surface area contributed by atoms with E-state index >= 15 is 0 Å². The van der Waals surface area contributed by atoms with Crippen LogP contribution in [0.2, 0.25) is 0 Å². The number of aliphatic hydroxyl groups excluding tert-OH is 1. The molecule has 2 unspecified atom stereocenters. The molecule has 1 aliphatic heterocycles. The van der Waals surface area contributed by atoms with Gasteiger partial charge in [-0.3, -0.25) is 19.7 Å². The predicted molar refractivity (Wildman–Crippen MR) is 128 cm³/mol. The molecule has 1 aliphatic rings. The van der Waals surface area contributed by atoms with E-state index < -0.39 is 23.6 Å². The molecule has 0 radical (unpaired) electrons. The van der Waals surface area contributed by atoms with E-state index in [9.17, 15) is 19.4 Å². The van der Waals surface area contributed by atoms with E-state index in [1.165, 1.54) is 23.8 Å². The van der Waals surface area contributed by atoms with Crippen molar-refractivity contribution in [1.82, 2.24) is 24.4 Å². The Balaban J connectivity index is 1.62. The van der Waals surface area contributed by atoms with Gasteiger partial charge in [-0.1, -0.05) is 12.1 Å². The molecule has 4 heterocycles. The molecule has 3 N–H and O–H groups in total. The lowest BCUT2D eigenvalue weighted by Gasteiger charge is -2.30. The highest BCUT2D eigenvalue weighted by Gasteiger charge is 2.31. The predicted octanol–water partition coefficient (Wildman–Crippen LogP) is 1.72. The van der Waals surface area contributed by atoms with Gasteiger partial charge in [0.1, 0.15) is 34.7 Å². The highest BCUT2D eigenvalue weighted by atomic mass is 19.1. The molecular formula is C25H26FN5O5. The van der Waals surface area contributed by atoms with Gasteiger partial charge >= 0.3 is 0 Å². The molecule has 0 saturated heterocycles. The smallest absolute Gasteiger partial charge is 0.262 e. The largest absolute Gasteiger partial charge is 0.505 e. The second kappa shape index (κ2) is 10.1. The molecule has 0 spiro atoms. The number of halogens is 1. The first-order valence-corrected chi connectivity index (χ1v) is 11.5. The van der Waals surface area contributed by atoms with Crippen molar-refractivity contribution in [2.24, 2.45) is 0 Å². The van der Waals surface area contributed by atoms with Crippen LogP contribution in [0.15, 0.2) is 54.0 Å². The van der Waals surface area contributed by atoms with E-state index in [2.05, 4.69) is 15.3 Å². The minimum Gasteiger partial charge on any atom is -0.505 e. The summed E-state index contributed by atoms with van der Waals surface area (Å²) in [6, 6.07) is 6.11. The maximum absolute atomic E-state index is 13.6. The zero-order chi connectivity index (χ0) is 25.2. The van der Waals surface area contributed by atoms with Crippen LogP contribution >= 0.6 is 0 Å². The minimum absolute atomic E-state index is 0.149. The third kappa shape index (κ3) is 4.55. The Morgan fingerprint density at radius 3 is 2.86 bits per heavy atom. The lowest BCUT2D eigenvalue weighted by atomic mass is 10.0. The highest BCUT2D eigenvalue weighted by molar-refractivity contribution is 5.89. The van der Waals surface area contributed by atoms with Crippen LogP contribution in [0, 0.1) is 5.82 Å². The number of methoxy groups -OCH3 is 1. The number of aromatic hydroxyl groups is 1. The standard InChI is InChI=1S/C25H26FN5O5/c1-35-9-7-28-24(33)19-22(32)20-21-23(16(11-29-20)10-15-2-4-17(26)5-3-15)36-18(13-31(21)25(19)34)12-30-8-6-27-14-30/h2-6,8,11,14,18,24,28,32-33H,7,9-10,12-13H2,1H3. The third-order valence-electron chi connectivity index (χ3n) is 6.17. The molecule has 2 atom stereocenters. The van der Waals surface area contributed by atoms with Crippen molar-refractivity contribution < 1.29 is 24.1 Å². The summed E-state index contributed by atoms with van der Waals surface area (Å²) in [4.78, 5) is 22.1. The Morgan fingerprint density at radius 1 is 1.33 bits per heavy atom. The van der Waals surface area contributed by atoms with E-state index in [0.717, 1.165) is 5.56 Å².